The Hall–Kier alpha value is -0.570. The summed E-state index contributed by atoms with van der Waals surface area (Å²) in [6, 6.07) is 0. The zero-order valence-corrected chi connectivity index (χ0v) is 6.46. The van der Waals surface area contributed by atoms with E-state index in [1.807, 2.05) is 0 Å². The SMILES string of the molecule is CC(C)CCOCC(=O)O. The molecule has 0 heterocycles. The van der Waals surface area contributed by atoms with E-state index in [4.69, 9.17) is 9.84 Å². The van der Waals surface area contributed by atoms with Crippen molar-refractivity contribution in [1.82, 2.24) is 0 Å². The smallest absolute Gasteiger partial charge is 0.329 e. The van der Waals surface area contributed by atoms with Crippen LogP contribution in [0.25, 0.3) is 0 Å². The molecule has 3 heteroatoms. The Bertz CT molecular complexity index is 99.0. The van der Waals surface area contributed by atoms with E-state index in [0.29, 0.717) is 12.5 Å². The highest BCUT2D eigenvalue weighted by molar-refractivity contribution is 5.67. The summed E-state index contributed by atoms with van der Waals surface area (Å²) in [7, 11) is 0. The summed E-state index contributed by atoms with van der Waals surface area (Å²) in [5.74, 6) is -0.322. The average Bonchev–Trinajstić information content (AvgIpc) is 1.79. The van der Waals surface area contributed by atoms with Crippen LogP contribution in [0.5, 0.6) is 0 Å². The van der Waals surface area contributed by atoms with Gasteiger partial charge in [0.1, 0.15) is 6.61 Å². The van der Waals surface area contributed by atoms with Crippen molar-refractivity contribution in [2.24, 2.45) is 5.92 Å². The number of carbonyl (C=O) groups is 1. The van der Waals surface area contributed by atoms with E-state index in [1.165, 1.54) is 0 Å². The van der Waals surface area contributed by atoms with Gasteiger partial charge in [0.15, 0.2) is 0 Å². The van der Waals surface area contributed by atoms with Gasteiger partial charge in [-0.05, 0) is 12.3 Å². The number of rotatable bonds is 5. The molecule has 0 aliphatic heterocycles. The molecule has 3 nitrogen and oxygen atoms in total. The molecule has 0 rings (SSSR count). The first-order valence-corrected chi connectivity index (χ1v) is 3.42. The Labute approximate surface area is 61.0 Å². The number of aliphatic carboxylic acids is 1. The molecule has 0 unspecified atom stereocenters. The molecule has 0 amide bonds. The number of hydrogen-bond donors (Lipinski definition) is 1. The van der Waals surface area contributed by atoms with Crippen LogP contribution in [0.1, 0.15) is 20.3 Å². The normalized spacial score (nSPS) is 10.3. The molecular formula is C7H14O3. The lowest BCUT2D eigenvalue weighted by molar-refractivity contribution is -0.142. The van der Waals surface area contributed by atoms with E-state index in [2.05, 4.69) is 13.8 Å². The second-order valence-corrected chi connectivity index (χ2v) is 2.63. The number of carboxylic acids is 1. The van der Waals surface area contributed by atoms with Gasteiger partial charge in [-0.1, -0.05) is 13.8 Å². The van der Waals surface area contributed by atoms with Gasteiger partial charge >= 0.3 is 5.97 Å². The van der Waals surface area contributed by atoms with Gasteiger partial charge in [0.05, 0.1) is 0 Å². The zero-order chi connectivity index (χ0) is 7.98. The van der Waals surface area contributed by atoms with E-state index >= 15 is 0 Å². The maximum absolute atomic E-state index is 9.92. The number of carboxylic acid groups (broad SMARTS) is 1. The summed E-state index contributed by atoms with van der Waals surface area (Å²) in [5, 5.41) is 8.15. The van der Waals surface area contributed by atoms with E-state index in [9.17, 15) is 4.79 Å². The Balaban J connectivity index is 2.98. The molecule has 0 aliphatic rings. The molecule has 0 saturated carbocycles. The van der Waals surface area contributed by atoms with E-state index < -0.39 is 5.97 Å². The van der Waals surface area contributed by atoms with Gasteiger partial charge in [-0.25, -0.2) is 4.79 Å². The predicted octanol–water partition coefficient (Wildman–Crippen LogP) is 1.13. The van der Waals surface area contributed by atoms with Crippen LogP contribution in [-0.2, 0) is 9.53 Å². The van der Waals surface area contributed by atoms with Gasteiger partial charge in [-0.2, -0.15) is 0 Å². The van der Waals surface area contributed by atoms with Crippen LogP contribution in [0, 0.1) is 5.92 Å². The number of ether oxygens (including phenoxy) is 1. The minimum absolute atomic E-state index is 0.174. The molecule has 0 bridgehead atoms. The highest BCUT2D eigenvalue weighted by Crippen LogP contribution is 1.98. The maximum atomic E-state index is 9.92. The summed E-state index contributed by atoms with van der Waals surface area (Å²) < 4.78 is 4.81. The first kappa shape index (κ1) is 9.43. The lowest BCUT2D eigenvalue weighted by atomic mass is 10.1. The summed E-state index contributed by atoms with van der Waals surface area (Å²) in [4.78, 5) is 9.92. The molecule has 0 radical (unpaired) electrons. The molecule has 0 aromatic rings. The highest BCUT2D eigenvalue weighted by Gasteiger charge is 1.97. The molecule has 0 saturated heterocycles. The first-order valence-electron chi connectivity index (χ1n) is 3.42. The van der Waals surface area contributed by atoms with Crippen molar-refractivity contribution < 1.29 is 14.6 Å². The van der Waals surface area contributed by atoms with Crippen molar-refractivity contribution in [3.63, 3.8) is 0 Å². The number of hydrogen-bond acceptors (Lipinski definition) is 2. The quantitative estimate of drug-likeness (QED) is 0.591. The van der Waals surface area contributed by atoms with Crippen LogP contribution in [0.15, 0.2) is 0 Å². The molecule has 0 spiro atoms. The van der Waals surface area contributed by atoms with E-state index in [-0.39, 0.29) is 6.61 Å². The summed E-state index contributed by atoms with van der Waals surface area (Å²) in [6.45, 7) is 4.52. The van der Waals surface area contributed by atoms with Gasteiger partial charge in [0, 0.05) is 6.61 Å². The maximum Gasteiger partial charge on any atom is 0.329 e. The second kappa shape index (κ2) is 5.23. The van der Waals surface area contributed by atoms with Crippen molar-refractivity contribution in [3.8, 4) is 0 Å². The fourth-order valence-corrected chi connectivity index (χ4v) is 0.479. The Kier molecular flexibility index (Phi) is 4.94. The predicted molar refractivity (Wildman–Crippen MR) is 37.9 cm³/mol. The minimum atomic E-state index is -0.899. The first-order chi connectivity index (χ1) is 4.63. The molecule has 0 aromatic carbocycles. The van der Waals surface area contributed by atoms with Gasteiger partial charge in [-0.15, -0.1) is 0 Å². The average molecular weight is 146 g/mol. The lowest BCUT2D eigenvalue weighted by Crippen LogP contribution is -2.08. The van der Waals surface area contributed by atoms with Gasteiger partial charge < -0.3 is 9.84 Å². The van der Waals surface area contributed by atoms with Crippen LogP contribution in [0.3, 0.4) is 0 Å². The fraction of sp³-hybridized carbons (Fsp3) is 0.857. The van der Waals surface area contributed by atoms with Crippen LogP contribution in [-0.4, -0.2) is 24.3 Å². The van der Waals surface area contributed by atoms with Gasteiger partial charge in [0.2, 0.25) is 0 Å². The largest absolute Gasteiger partial charge is 0.480 e. The summed E-state index contributed by atoms with van der Waals surface area (Å²) in [6.07, 6.45) is 0.924. The fourth-order valence-electron chi connectivity index (χ4n) is 0.479. The highest BCUT2D eigenvalue weighted by atomic mass is 16.5. The van der Waals surface area contributed by atoms with Crippen LogP contribution >= 0.6 is 0 Å². The summed E-state index contributed by atoms with van der Waals surface area (Å²) in [5.41, 5.74) is 0. The standard InChI is InChI=1S/C7H14O3/c1-6(2)3-4-10-5-7(8)9/h6H,3-5H2,1-2H3,(H,8,9). The van der Waals surface area contributed by atoms with Crippen molar-refractivity contribution in [2.45, 2.75) is 20.3 Å². The van der Waals surface area contributed by atoms with Crippen LogP contribution < -0.4 is 0 Å². The second-order valence-electron chi connectivity index (χ2n) is 2.63. The molecule has 0 atom stereocenters. The van der Waals surface area contributed by atoms with Crippen LogP contribution in [0.2, 0.25) is 0 Å². The van der Waals surface area contributed by atoms with Crippen molar-refractivity contribution >= 4 is 5.97 Å². The third-order valence-electron chi connectivity index (χ3n) is 1.07. The molecule has 0 aliphatic carbocycles. The molecule has 60 valence electrons. The van der Waals surface area contributed by atoms with Crippen molar-refractivity contribution in [2.75, 3.05) is 13.2 Å². The molecule has 0 aromatic heterocycles. The van der Waals surface area contributed by atoms with E-state index in [1.54, 1.807) is 0 Å². The van der Waals surface area contributed by atoms with E-state index in [0.717, 1.165) is 6.42 Å². The summed E-state index contributed by atoms with van der Waals surface area (Å²) >= 11 is 0. The minimum Gasteiger partial charge on any atom is -0.480 e. The van der Waals surface area contributed by atoms with Crippen molar-refractivity contribution in [1.29, 1.82) is 0 Å². The third-order valence-corrected chi connectivity index (χ3v) is 1.07. The zero-order valence-electron chi connectivity index (χ0n) is 6.46. The molecule has 1 N–H and O–H groups in total. The van der Waals surface area contributed by atoms with Gasteiger partial charge in [-0.3, -0.25) is 0 Å². The Morgan fingerprint density at radius 1 is 1.60 bits per heavy atom. The molecule has 10 heavy (non-hydrogen) atoms. The molecule has 0 fully saturated rings. The lowest BCUT2D eigenvalue weighted by Gasteiger charge is -2.02. The van der Waals surface area contributed by atoms with Crippen molar-refractivity contribution in [3.05, 3.63) is 0 Å². The molecular weight excluding hydrogens is 132 g/mol. The third kappa shape index (κ3) is 7.43. The van der Waals surface area contributed by atoms with Crippen LogP contribution in [0.4, 0.5) is 0 Å². The Morgan fingerprint density at radius 2 is 2.20 bits per heavy atom. The topological polar surface area (TPSA) is 46.5 Å². The monoisotopic (exact) mass is 146 g/mol. The van der Waals surface area contributed by atoms with Gasteiger partial charge in [0.25, 0.3) is 0 Å². The Morgan fingerprint density at radius 3 is 2.60 bits per heavy atom.